The molecule has 0 spiro atoms. The largest absolute Gasteiger partial charge is 0.369 e. The van der Waals surface area contributed by atoms with Crippen LogP contribution in [-0.2, 0) is 9.59 Å². The standard InChI is InChI=1S/C16H29N3O2.ClH/c17-11-16(8-4-1-5-9-16)10-14(20)19-13-7-3-2-6-12(13)15(18)21;/h12-13H,1-11,17H2,(H2,18,21)(H,19,20);1H. The van der Waals surface area contributed by atoms with Crippen molar-refractivity contribution in [2.75, 3.05) is 6.54 Å². The molecule has 0 aromatic carbocycles. The number of hydrogen-bond donors (Lipinski definition) is 3. The van der Waals surface area contributed by atoms with E-state index in [1.54, 1.807) is 0 Å². The second-order valence-corrected chi connectivity index (χ2v) is 6.91. The molecule has 0 bridgehead atoms. The Bertz CT molecular complexity index is 384. The summed E-state index contributed by atoms with van der Waals surface area (Å²) in [6.07, 6.45) is 9.87. The molecule has 0 radical (unpaired) electrons. The molecule has 2 fully saturated rings. The summed E-state index contributed by atoms with van der Waals surface area (Å²) in [6, 6.07) is -0.0813. The highest BCUT2D eigenvalue weighted by molar-refractivity contribution is 5.85. The van der Waals surface area contributed by atoms with E-state index in [0.29, 0.717) is 13.0 Å². The quantitative estimate of drug-likeness (QED) is 0.717. The van der Waals surface area contributed by atoms with Gasteiger partial charge in [-0.25, -0.2) is 0 Å². The number of hydrogen-bond acceptors (Lipinski definition) is 3. The van der Waals surface area contributed by atoms with Gasteiger partial charge in [-0.1, -0.05) is 32.1 Å². The van der Waals surface area contributed by atoms with Crippen molar-refractivity contribution < 1.29 is 9.59 Å². The molecular weight excluding hydrogens is 302 g/mol. The summed E-state index contributed by atoms with van der Waals surface area (Å²) >= 11 is 0. The summed E-state index contributed by atoms with van der Waals surface area (Å²) in [5.41, 5.74) is 11.4. The molecule has 128 valence electrons. The molecule has 0 heterocycles. The highest BCUT2D eigenvalue weighted by atomic mass is 35.5. The zero-order valence-corrected chi connectivity index (χ0v) is 14.1. The summed E-state index contributed by atoms with van der Waals surface area (Å²) < 4.78 is 0. The number of carbonyl (C=O) groups is 2. The molecule has 2 rings (SSSR count). The normalized spacial score (nSPS) is 27.5. The van der Waals surface area contributed by atoms with E-state index in [2.05, 4.69) is 5.32 Å². The molecule has 0 aromatic rings. The minimum atomic E-state index is -0.286. The van der Waals surface area contributed by atoms with Crippen LogP contribution in [0.3, 0.4) is 0 Å². The van der Waals surface area contributed by atoms with E-state index >= 15 is 0 Å². The second kappa shape index (κ2) is 8.73. The third-order valence-corrected chi connectivity index (χ3v) is 5.36. The summed E-state index contributed by atoms with van der Waals surface area (Å²) in [7, 11) is 0. The van der Waals surface area contributed by atoms with Crippen LogP contribution in [0.1, 0.15) is 64.2 Å². The van der Waals surface area contributed by atoms with Crippen molar-refractivity contribution >= 4 is 24.2 Å². The van der Waals surface area contributed by atoms with Crippen LogP contribution in [-0.4, -0.2) is 24.4 Å². The molecule has 0 aliphatic heterocycles. The van der Waals surface area contributed by atoms with Crippen molar-refractivity contribution in [2.24, 2.45) is 22.8 Å². The molecule has 2 aliphatic carbocycles. The molecule has 0 aromatic heterocycles. The molecule has 5 nitrogen and oxygen atoms in total. The average Bonchev–Trinajstić information content (AvgIpc) is 2.48. The molecule has 2 aliphatic rings. The predicted octanol–water partition coefficient (Wildman–Crippen LogP) is 1.87. The van der Waals surface area contributed by atoms with Gasteiger partial charge in [0, 0.05) is 12.5 Å². The highest BCUT2D eigenvalue weighted by Gasteiger charge is 2.35. The van der Waals surface area contributed by atoms with E-state index in [1.807, 2.05) is 0 Å². The number of amides is 2. The van der Waals surface area contributed by atoms with Gasteiger partial charge in [0.25, 0.3) is 0 Å². The lowest BCUT2D eigenvalue weighted by Crippen LogP contribution is -2.48. The number of nitrogens with two attached hydrogens (primary N) is 2. The van der Waals surface area contributed by atoms with E-state index in [1.165, 1.54) is 6.42 Å². The van der Waals surface area contributed by atoms with Crippen molar-refractivity contribution in [1.29, 1.82) is 0 Å². The lowest BCUT2D eigenvalue weighted by atomic mass is 9.71. The molecule has 5 N–H and O–H groups in total. The summed E-state index contributed by atoms with van der Waals surface area (Å²) in [5.74, 6) is -0.449. The fourth-order valence-corrected chi connectivity index (χ4v) is 4.00. The Labute approximate surface area is 139 Å². The zero-order valence-electron chi connectivity index (χ0n) is 13.3. The Morgan fingerprint density at radius 1 is 1.05 bits per heavy atom. The van der Waals surface area contributed by atoms with Crippen molar-refractivity contribution in [3.8, 4) is 0 Å². The van der Waals surface area contributed by atoms with Gasteiger partial charge in [-0.3, -0.25) is 9.59 Å². The molecular formula is C16H30ClN3O2. The van der Waals surface area contributed by atoms with Crippen LogP contribution in [0.5, 0.6) is 0 Å². The van der Waals surface area contributed by atoms with E-state index in [0.717, 1.165) is 51.4 Å². The van der Waals surface area contributed by atoms with Gasteiger partial charge in [0.1, 0.15) is 0 Å². The van der Waals surface area contributed by atoms with Crippen LogP contribution in [0.4, 0.5) is 0 Å². The SMILES string of the molecule is Cl.NCC1(CC(=O)NC2CCCCC2C(N)=O)CCCCC1. The number of carbonyl (C=O) groups excluding carboxylic acids is 2. The Morgan fingerprint density at radius 3 is 2.27 bits per heavy atom. The van der Waals surface area contributed by atoms with Gasteiger partial charge >= 0.3 is 0 Å². The van der Waals surface area contributed by atoms with Crippen LogP contribution in [0.25, 0.3) is 0 Å². The predicted molar refractivity (Wildman–Crippen MR) is 89.5 cm³/mol. The third-order valence-electron chi connectivity index (χ3n) is 5.36. The summed E-state index contributed by atoms with van der Waals surface area (Å²) in [5, 5.41) is 3.06. The van der Waals surface area contributed by atoms with Crippen molar-refractivity contribution in [3.05, 3.63) is 0 Å². The molecule has 2 saturated carbocycles. The highest BCUT2D eigenvalue weighted by Crippen LogP contribution is 2.38. The monoisotopic (exact) mass is 331 g/mol. The molecule has 2 atom stereocenters. The molecule has 2 unspecified atom stereocenters. The van der Waals surface area contributed by atoms with E-state index in [9.17, 15) is 9.59 Å². The van der Waals surface area contributed by atoms with Gasteiger partial charge in [0.15, 0.2) is 0 Å². The first-order valence-corrected chi connectivity index (χ1v) is 8.35. The molecule has 6 heteroatoms. The Hall–Kier alpha value is -0.810. The van der Waals surface area contributed by atoms with Crippen LogP contribution in [0.2, 0.25) is 0 Å². The van der Waals surface area contributed by atoms with E-state index in [-0.39, 0.29) is 41.6 Å². The Balaban J connectivity index is 0.00000242. The first kappa shape index (κ1) is 19.2. The van der Waals surface area contributed by atoms with Gasteiger partial charge in [0.05, 0.1) is 5.92 Å². The third kappa shape index (κ3) is 4.85. The van der Waals surface area contributed by atoms with E-state index in [4.69, 9.17) is 11.5 Å². The first-order chi connectivity index (χ1) is 10.1. The van der Waals surface area contributed by atoms with Gasteiger partial charge in [-0.2, -0.15) is 0 Å². The topological polar surface area (TPSA) is 98.2 Å². The molecule has 0 saturated heterocycles. The van der Waals surface area contributed by atoms with Crippen molar-refractivity contribution in [2.45, 2.75) is 70.3 Å². The van der Waals surface area contributed by atoms with Crippen LogP contribution >= 0.6 is 12.4 Å². The van der Waals surface area contributed by atoms with Gasteiger partial charge in [0.2, 0.25) is 11.8 Å². The van der Waals surface area contributed by atoms with Crippen molar-refractivity contribution in [1.82, 2.24) is 5.32 Å². The van der Waals surface area contributed by atoms with Gasteiger partial charge in [-0.05, 0) is 37.6 Å². The lowest BCUT2D eigenvalue weighted by molar-refractivity contribution is -0.127. The maximum absolute atomic E-state index is 12.4. The van der Waals surface area contributed by atoms with Crippen LogP contribution in [0.15, 0.2) is 0 Å². The first-order valence-electron chi connectivity index (χ1n) is 8.35. The fourth-order valence-electron chi connectivity index (χ4n) is 4.00. The Morgan fingerprint density at radius 2 is 1.68 bits per heavy atom. The minimum Gasteiger partial charge on any atom is -0.369 e. The smallest absolute Gasteiger partial charge is 0.222 e. The average molecular weight is 332 g/mol. The minimum absolute atomic E-state index is 0. The maximum atomic E-state index is 12.4. The number of halogens is 1. The summed E-state index contributed by atoms with van der Waals surface area (Å²) in [6.45, 7) is 0.574. The lowest BCUT2D eigenvalue weighted by Gasteiger charge is -2.37. The number of rotatable bonds is 5. The second-order valence-electron chi connectivity index (χ2n) is 6.91. The van der Waals surface area contributed by atoms with Crippen molar-refractivity contribution in [3.63, 3.8) is 0 Å². The van der Waals surface area contributed by atoms with E-state index < -0.39 is 0 Å². The number of primary amides is 1. The zero-order chi connectivity index (χ0) is 15.3. The molecule has 22 heavy (non-hydrogen) atoms. The van der Waals surface area contributed by atoms with Crippen LogP contribution < -0.4 is 16.8 Å². The van der Waals surface area contributed by atoms with Crippen LogP contribution in [0, 0.1) is 11.3 Å². The summed E-state index contributed by atoms with van der Waals surface area (Å²) in [4.78, 5) is 23.9. The fraction of sp³-hybridized carbons (Fsp3) is 0.875. The Kier molecular flexibility index (Phi) is 7.63. The van der Waals surface area contributed by atoms with Gasteiger partial charge in [-0.15, -0.1) is 12.4 Å². The number of nitrogens with one attached hydrogen (secondary N) is 1. The molecule has 2 amide bonds. The van der Waals surface area contributed by atoms with Gasteiger partial charge < -0.3 is 16.8 Å². The maximum Gasteiger partial charge on any atom is 0.222 e.